The summed E-state index contributed by atoms with van der Waals surface area (Å²) in [6.45, 7) is 4.07. The van der Waals surface area contributed by atoms with Crippen molar-refractivity contribution >= 4 is 11.8 Å². The third-order valence-electron chi connectivity index (χ3n) is 8.05. The van der Waals surface area contributed by atoms with E-state index in [1.54, 1.807) is 0 Å². The largest absolute Gasteiger partial charge is 0.381 e. The zero-order valence-electron chi connectivity index (χ0n) is 19.6. The number of nitrogens with zero attached hydrogens (tertiary/aromatic N) is 4. The number of hydrogen-bond acceptors (Lipinski definition) is 6. The Bertz CT molecular complexity index is 846. The average molecular weight is 460 g/mol. The monoisotopic (exact) mass is 459 g/mol. The Hall–Kier alpha value is -2.00. The van der Waals surface area contributed by atoms with Crippen molar-refractivity contribution in [3.63, 3.8) is 0 Å². The van der Waals surface area contributed by atoms with E-state index in [9.17, 15) is 9.59 Å². The Morgan fingerprint density at radius 2 is 1.91 bits per heavy atom. The lowest BCUT2D eigenvalue weighted by atomic mass is 9.86. The van der Waals surface area contributed by atoms with Crippen LogP contribution in [0.2, 0.25) is 0 Å². The van der Waals surface area contributed by atoms with Gasteiger partial charge >= 0.3 is 0 Å². The van der Waals surface area contributed by atoms with Crippen molar-refractivity contribution in [2.45, 2.75) is 89.5 Å². The number of rotatable bonds is 6. The number of likely N-dealkylation sites (tertiary alicyclic amines) is 1. The minimum atomic E-state index is -0.371. The van der Waals surface area contributed by atoms with Crippen molar-refractivity contribution < 1.29 is 19.1 Å². The number of carbonyl (C=O) groups is 2. The number of aromatic nitrogens is 3. The number of nitrogens with one attached hydrogen (secondary N) is 1. The quantitative estimate of drug-likeness (QED) is 0.700. The molecule has 9 nitrogen and oxygen atoms in total. The molecular weight excluding hydrogens is 422 g/mol. The number of ether oxygens (including phenoxy) is 2. The van der Waals surface area contributed by atoms with Crippen LogP contribution in [-0.4, -0.2) is 63.6 Å². The molecule has 5 rings (SSSR count). The maximum absolute atomic E-state index is 12.8. The SMILES string of the molecule is O=C(NCc1nnn2c1COC1(CCN(C(=O)CCC3CCCCC3)C1)C2)C1CCOCC1. The van der Waals surface area contributed by atoms with Gasteiger partial charge in [-0.25, -0.2) is 4.68 Å². The average Bonchev–Trinajstić information content (AvgIpc) is 3.46. The van der Waals surface area contributed by atoms with Gasteiger partial charge in [0.25, 0.3) is 0 Å². The predicted octanol–water partition coefficient (Wildman–Crippen LogP) is 2.18. The summed E-state index contributed by atoms with van der Waals surface area (Å²) in [5.74, 6) is 1.08. The first-order valence-electron chi connectivity index (χ1n) is 12.8. The molecule has 2 amide bonds. The first kappa shape index (κ1) is 22.8. The van der Waals surface area contributed by atoms with Crippen LogP contribution in [0.5, 0.6) is 0 Å². The minimum Gasteiger partial charge on any atom is -0.381 e. The Labute approximate surface area is 195 Å². The molecule has 9 heteroatoms. The number of carbonyl (C=O) groups excluding carboxylic acids is 2. The van der Waals surface area contributed by atoms with E-state index in [2.05, 4.69) is 15.6 Å². The molecule has 33 heavy (non-hydrogen) atoms. The van der Waals surface area contributed by atoms with Gasteiger partial charge in [0.05, 0.1) is 31.9 Å². The van der Waals surface area contributed by atoms with Crippen LogP contribution >= 0.6 is 0 Å². The molecule has 182 valence electrons. The van der Waals surface area contributed by atoms with E-state index in [0.717, 1.165) is 49.5 Å². The van der Waals surface area contributed by atoms with E-state index in [1.807, 2.05) is 9.58 Å². The van der Waals surface area contributed by atoms with Gasteiger partial charge in [0.1, 0.15) is 11.3 Å². The first-order valence-corrected chi connectivity index (χ1v) is 12.8. The van der Waals surface area contributed by atoms with Gasteiger partial charge in [-0.3, -0.25) is 9.59 Å². The summed E-state index contributed by atoms with van der Waals surface area (Å²) < 4.78 is 13.6. The van der Waals surface area contributed by atoms with Crippen LogP contribution in [0.1, 0.15) is 75.6 Å². The zero-order valence-corrected chi connectivity index (χ0v) is 19.6. The van der Waals surface area contributed by atoms with E-state index < -0.39 is 0 Å². The van der Waals surface area contributed by atoms with Gasteiger partial charge in [0, 0.05) is 32.1 Å². The fourth-order valence-electron chi connectivity index (χ4n) is 5.87. The van der Waals surface area contributed by atoms with Crippen molar-refractivity contribution in [2.24, 2.45) is 11.8 Å². The molecule has 1 N–H and O–H groups in total. The molecule has 1 atom stereocenters. The van der Waals surface area contributed by atoms with Gasteiger partial charge in [-0.1, -0.05) is 37.3 Å². The molecular formula is C24H37N5O4. The first-order chi connectivity index (χ1) is 16.1. The van der Waals surface area contributed by atoms with Gasteiger partial charge in [-0.05, 0) is 31.6 Å². The Balaban J connectivity index is 1.12. The van der Waals surface area contributed by atoms with Crippen LogP contribution < -0.4 is 5.32 Å². The molecule has 1 spiro atoms. The third kappa shape index (κ3) is 5.24. The number of hydrogen-bond donors (Lipinski definition) is 1. The highest BCUT2D eigenvalue weighted by atomic mass is 16.5. The lowest BCUT2D eigenvalue weighted by Gasteiger charge is -2.34. The van der Waals surface area contributed by atoms with E-state index in [4.69, 9.17) is 9.47 Å². The van der Waals surface area contributed by atoms with Crippen LogP contribution in [0.15, 0.2) is 0 Å². The highest BCUT2D eigenvalue weighted by Gasteiger charge is 2.44. The second kappa shape index (κ2) is 10.1. The summed E-state index contributed by atoms with van der Waals surface area (Å²) in [7, 11) is 0. The molecule has 0 radical (unpaired) electrons. The van der Waals surface area contributed by atoms with Crippen molar-refractivity contribution in [1.29, 1.82) is 0 Å². The maximum Gasteiger partial charge on any atom is 0.223 e. The van der Waals surface area contributed by atoms with Crippen LogP contribution in [0.3, 0.4) is 0 Å². The lowest BCUT2D eigenvalue weighted by molar-refractivity contribution is -0.133. The standard InChI is InChI=1S/C24H37N5O4/c30-22(7-6-18-4-2-1-3-5-18)28-11-10-24(16-28)17-29-21(15-33-24)20(26-27-29)14-25-23(31)19-8-12-32-13-9-19/h18-19H,1-17H2,(H,25,31). The van der Waals surface area contributed by atoms with Gasteiger partial charge in [-0.2, -0.15) is 0 Å². The second-order valence-corrected chi connectivity index (χ2v) is 10.3. The van der Waals surface area contributed by atoms with Crippen LogP contribution in [0.4, 0.5) is 0 Å². The van der Waals surface area contributed by atoms with Crippen LogP contribution in [0, 0.1) is 11.8 Å². The summed E-state index contributed by atoms with van der Waals surface area (Å²) in [5.41, 5.74) is 1.32. The Morgan fingerprint density at radius 1 is 1.09 bits per heavy atom. The van der Waals surface area contributed by atoms with Gasteiger partial charge in [0.2, 0.25) is 11.8 Å². The maximum atomic E-state index is 12.8. The molecule has 4 heterocycles. The van der Waals surface area contributed by atoms with E-state index in [1.165, 1.54) is 32.1 Å². The number of amides is 2. The fraction of sp³-hybridized carbons (Fsp3) is 0.833. The molecule has 1 saturated carbocycles. The molecule has 0 bridgehead atoms. The van der Waals surface area contributed by atoms with Crippen molar-refractivity contribution in [3.05, 3.63) is 11.4 Å². The van der Waals surface area contributed by atoms with Crippen molar-refractivity contribution in [3.8, 4) is 0 Å². The van der Waals surface area contributed by atoms with E-state index in [0.29, 0.717) is 45.9 Å². The predicted molar refractivity (Wildman–Crippen MR) is 120 cm³/mol. The third-order valence-corrected chi connectivity index (χ3v) is 8.05. The second-order valence-electron chi connectivity index (χ2n) is 10.3. The normalized spacial score (nSPS) is 26.5. The molecule has 3 aliphatic heterocycles. The molecule has 0 aromatic carbocycles. The molecule has 2 saturated heterocycles. The van der Waals surface area contributed by atoms with Crippen LogP contribution in [-0.2, 0) is 38.8 Å². The molecule has 1 aromatic rings. The van der Waals surface area contributed by atoms with E-state index >= 15 is 0 Å². The summed E-state index contributed by atoms with van der Waals surface area (Å²) in [5, 5.41) is 11.7. The smallest absolute Gasteiger partial charge is 0.223 e. The minimum absolute atomic E-state index is 0.0183. The summed E-state index contributed by atoms with van der Waals surface area (Å²) in [4.78, 5) is 27.2. The highest BCUT2D eigenvalue weighted by molar-refractivity contribution is 5.78. The Kier molecular flexibility index (Phi) is 6.97. The van der Waals surface area contributed by atoms with Crippen molar-refractivity contribution in [2.75, 3.05) is 26.3 Å². The number of fused-ring (bicyclic) bond motifs is 1. The van der Waals surface area contributed by atoms with Gasteiger partial charge in [-0.15, -0.1) is 5.10 Å². The van der Waals surface area contributed by atoms with E-state index in [-0.39, 0.29) is 23.3 Å². The molecule has 3 fully saturated rings. The van der Waals surface area contributed by atoms with Gasteiger partial charge < -0.3 is 19.7 Å². The lowest BCUT2D eigenvalue weighted by Crippen LogP contribution is -2.45. The molecule has 1 aliphatic carbocycles. The summed E-state index contributed by atoms with van der Waals surface area (Å²) in [6, 6.07) is 0. The van der Waals surface area contributed by atoms with Crippen molar-refractivity contribution in [1.82, 2.24) is 25.2 Å². The summed E-state index contributed by atoms with van der Waals surface area (Å²) in [6.07, 6.45) is 10.6. The topological polar surface area (TPSA) is 98.6 Å². The molecule has 1 aromatic heterocycles. The van der Waals surface area contributed by atoms with Crippen LogP contribution in [0.25, 0.3) is 0 Å². The van der Waals surface area contributed by atoms with Gasteiger partial charge in [0.15, 0.2) is 0 Å². The molecule has 4 aliphatic rings. The highest BCUT2D eigenvalue weighted by Crippen LogP contribution is 2.34. The molecule has 1 unspecified atom stereocenters. The fourth-order valence-corrected chi connectivity index (χ4v) is 5.87. The zero-order chi connectivity index (χ0) is 22.7. The summed E-state index contributed by atoms with van der Waals surface area (Å²) >= 11 is 0. The Morgan fingerprint density at radius 3 is 2.73 bits per heavy atom.